The predicted octanol–water partition coefficient (Wildman–Crippen LogP) is 3.31. The van der Waals surface area contributed by atoms with Crippen LogP contribution in [0.2, 0.25) is 0 Å². The summed E-state index contributed by atoms with van der Waals surface area (Å²) in [6.45, 7) is 3.88. The van der Waals surface area contributed by atoms with Gasteiger partial charge in [-0.1, -0.05) is 13.0 Å². The van der Waals surface area contributed by atoms with Gasteiger partial charge in [-0.05, 0) is 55.7 Å². The molecule has 1 aromatic carbocycles. The normalized spacial score (nSPS) is 29.7. The first kappa shape index (κ1) is 22.0. The summed E-state index contributed by atoms with van der Waals surface area (Å²) < 4.78 is 1.83. The van der Waals surface area contributed by atoms with E-state index in [1.54, 1.807) is 24.3 Å². The van der Waals surface area contributed by atoms with Gasteiger partial charge in [-0.25, -0.2) is 4.90 Å². The van der Waals surface area contributed by atoms with Crippen molar-refractivity contribution in [3.05, 3.63) is 62.6 Å². The molecule has 2 bridgehead atoms. The highest BCUT2D eigenvalue weighted by molar-refractivity contribution is 6.22. The van der Waals surface area contributed by atoms with Crippen molar-refractivity contribution in [1.29, 1.82) is 0 Å². The van der Waals surface area contributed by atoms with Gasteiger partial charge < -0.3 is 9.47 Å². The molecule has 4 aliphatic rings. The molecule has 1 saturated carbocycles. The summed E-state index contributed by atoms with van der Waals surface area (Å²) in [6, 6.07) is 10.0. The van der Waals surface area contributed by atoms with Crippen molar-refractivity contribution in [2.45, 2.75) is 45.1 Å². The fraction of sp³-hybridized carbons (Fsp3) is 0.500. The van der Waals surface area contributed by atoms with Crippen LogP contribution in [0.15, 0.2) is 41.2 Å². The van der Waals surface area contributed by atoms with Crippen molar-refractivity contribution in [2.24, 2.45) is 23.7 Å². The van der Waals surface area contributed by atoms with Crippen LogP contribution in [0.3, 0.4) is 0 Å². The molecule has 2 amide bonds. The van der Waals surface area contributed by atoms with Gasteiger partial charge >= 0.3 is 0 Å². The van der Waals surface area contributed by atoms with Crippen molar-refractivity contribution in [3.63, 3.8) is 0 Å². The number of amides is 2. The predicted molar refractivity (Wildman–Crippen MR) is 129 cm³/mol. The lowest BCUT2D eigenvalue weighted by molar-refractivity contribution is -0.384. The van der Waals surface area contributed by atoms with Crippen LogP contribution in [0.1, 0.15) is 44.2 Å². The maximum Gasteiger partial charge on any atom is 0.294 e. The Morgan fingerprint density at radius 3 is 2.54 bits per heavy atom. The molecule has 4 heterocycles. The van der Waals surface area contributed by atoms with Gasteiger partial charge in [0.15, 0.2) is 0 Å². The first-order chi connectivity index (χ1) is 16.8. The van der Waals surface area contributed by atoms with E-state index in [1.165, 1.54) is 11.0 Å². The Labute approximate surface area is 202 Å². The molecule has 2 saturated heterocycles. The van der Waals surface area contributed by atoms with E-state index >= 15 is 0 Å². The lowest BCUT2D eigenvalue weighted by Crippen LogP contribution is -2.47. The van der Waals surface area contributed by atoms with Gasteiger partial charge in [-0.2, -0.15) is 0 Å². The lowest BCUT2D eigenvalue weighted by atomic mass is 9.76. The Hall–Kier alpha value is -3.49. The Balaban J connectivity index is 1.32. The number of piperidine rings is 1. The second kappa shape index (κ2) is 8.03. The van der Waals surface area contributed by atoms with Crippen molar-refractivity contribution in [1.82, 2.24) is 4.57 Å². The van der Waals surface area contributed by atoms with Gasteiger partial charge in [0.25, 0.3) is 11.2 Å². The van der Waals surface area contributed by atoms with Crippen LogP contribution in [-0.4, -0.2) is 34.4 Å². The maximum absolute atomic E-state index is 13.1. The van der Waals surface area contributed by atoms with E-state index in [9.17, 15) is 24.5 Å². The number of anilines is 2. The van der Waals surface area contributed by atoms with E-state index in [-0.39, 0.29) is 52.4 Å². The summed E-state index contributed by atoms with van der Waals surface area (Å²) in [5, 5.41) is 12.1. The second-order valence-corrected chi connectivity index (χ2v) is 10.7. The number of aromatic nitrogens is 1. The van der Waals surface area contributed by atoms with E-state index in [0.717, 1.165) is 18.5 Å². The molecular weight excluding hydrogens is 448 g/mol. The van der Waals surface area contributed by atoms with Gasteiger partial charge in [0, 0.05) is 43.4 Å². The minimum atomic E-state index is -0.429. The van der Waals surface area contributed by atoms with Crippen molar-refractivity contribution in [3.8, 4) is 0 Å². The molecule has 5 atom stereocenters. The summed E-state index contributed by atoms with van der Waals surface area (Å²) in [5.74, 6) is -0.386. The molecule has 2 aromatic rings. The topological polar surface area (TPSA) is 106 Å². The van der Waals surface area contributed by atoms with E-state index < -0.39 is 4.92 Å². The quantitative estimate of drug-likeness (QED) is 0.382. The zero-order valence-electron chi connectivity index (χ0n) is 19.6. The third kappa shape index (κ3) is 3.47. The molecule has 0 radical (unpaired) electrons. The lowest BCUT2D eigenvalue weighted by Gasteiger charge is -2.43. The Morgan fingerprint density at radius 2 is 1.74 bits per heavy atom. The molecule has 35 heavy (non-hydrogen) atoms. The summed E-state index contributed by atoms with van der Waals surface area (Å²) in [4.78, 5) is 53.5. The molecule has 3 aliphatic heterocycles. The summed E-state index contributed by atoms with van der Waals surface area (Å²) in [5.41, 5.74) is 1.65. The summed E-state index contributed by atoms with van der Waals surface area (Å²) in [7, 11) is 0. The van der Waals surface area contributed by atoms with Crippen LogP contribution < -0.4 is 15.4 Å². The minimum Gasteiger partial charge on any atom is -0.365 e. The first-order valence-electron chi connectivity index (χ1n) is 12.4. The molecule has 6 rings (SSSR count). The van der Waals surface area contributed by atoms with Crippen LogP contribution >= 0.6 is 0 Å². The van der Waals surface area contributed by atoms with E-state index in [4.69, 9.17) is 0 Å². The SMILES string of the molecule is C[C@@H]1CC[C@@H]2C(=O)N(c3ccc(N4C[C@H]5C[C@@H](C4)c4cccc(=O)n4C5)c([N+](=O)[O-])c3)C(=O)[C@@H]2C1. The molecule has 3 fully saturated rings. The number of pyridine rings is 1. The number of rotatable bonds is 3. The molecule has 9 nitrogen and oxygen atoms in total. The number of carbonyl (C=O) groups is 2. The van der Waals surface area contributed by atoms with Crippen molar-refractivity contribution in [2.75, 3.05) is 22.9 Å². The van der Waals surface area contributed by atoms with E-state index in [0.29, 0.717) is 44.1 Å². The molecule has 0 spiro atoms. The first-order valence-corrected chi connectivity index (χ1v) is 12.4. The highest BCUT2D eigenvalue weighted by Gasteiger charge is 2.50. The van der Waals surface area contributed by atoms with Crippen LogP contribution in [0.25, 0.3) is 0 Å². The molecule has 0 unspecified atom stereocenters. The van der Waals surface area contributed by atoms with E-state index in [1.807, 2.05) is 15.5 Å². The monoisotopic (exact) mass is 476 g/mol. The number of carbonyl (C=O) groups excluding carboxylic acids is 2. The van der Waals surface area contributed by atoms with Gasteiger partial charge in [-0.3, -0.25) is 24.5 Å². The van der Waals surface area contributed by atoms with Gasteiger partial charge in [0.05, 0.1) is 22.4 Å². The Bertz CT molecular complexity index is 1300. The van der Waals surface area contributed by atoms with Gasteiger partial charge in [0.2, 0.25) is 11.8 Å². The molecule has 0 N–H and O–H groups in total. The highest BCUT2D eigenvalue weighted by atomic mass is 16.6. The average Bonchev–Trinajstić information content (AvgIpc) is 3.08. The molecule has 182 valence electrons. The fourth-order valence-electron chi connectivity index (χ4n) is 6.80. The van der Waals surface area contributed by atoms with Crippen LogP contribution in [0.5, 0.6) is 0 Å². The third-order valence-electron chi connectivity index (χ3n) is 8.42. The number of nitro groups is 1. The minimum absolute atomic E-state index is 0.00380. The number of nitro benzene ring substituents is 1. The highest BCUT2D eigenvalue weighted by Crippen LogP contribution is 2.45. The number of fused-ring (bicyclic) bond motifs is 5. The van der Waals surface area contributed by atoms with E-state index in [2.05, 4.69) is 6.92 Å². The Kier molecular flexibility index (Phi) is 5.05. The van der Waals surface area contributed by atoms with Gasteiger partial charge in [-0.15, -0.1) is 0 Å². The number of benzene rings is 1. The zero-order chi connectivity index (χ0) is 24.4. The molecule has 1 aliphatic carbocycles. The zero-order valence-corrected chi connectivity index (χ0v) is 19.6. The maximum atomic E-state index is 13.1. The van der Waals surface area contributed by atoms with Crippen LogP contribution in [0.4, 0.5) is 17.1 Å². The number of nitrogens with zero attached hydrogens (tertiary/aromatic N) is 4. The summed E-state index contributed by atoms with van der Waals surface area (Å²) >= 11 is 0. The number of imide groups is 1. The molecule has 1 aromatic heterocycles. The number of hydrogen-bond donors (Lipinski definition) is 0. The number of hydrogen-bond acceptors (Lipinski definition) is 6. The van der Waals surface area contributed by atoms with Crippen LogP contribution in [-0.2, 0) is 16.1 Å². The summed E-state index contributed by atoms with van der Waals surface area (Å²) in [6.07, 6.45) is 3.24. The Morgan fingerprint density at radius 1 is 0.943 bits per heavy atom. The molecule has 9 heteroatoms. The largest absolute Gasteiger partial charge is 0.365 e. The van der Waals surface area contributed by atoms with Crippen molar-refractivity contribution < 1.29 is 14.5 Å². The molecular formula is C26H28N4O5. The second-order valence-electron chi connectivity index (χ2n) is 10.7. The smallest absolute Gasteiger partial charge is 0.294 e. The third-order valence-corrected chi connectivity index (χ3v) is 8.42. The van der Waals surface area contributed by atoms with Gasteiger partial charge in [0.1, 0.15) is 5.69 Å². The van der Waals surface area contributed by atoms with Crippen LogP contribution in [0, 0.1) is 33.8 Å². The standard InChI is InChI=1S/C26H28N4O5/c1-15-5-7-19-20(9-15)26(33)29(25(19)32)18-6-8-22(23(11-18)30(34)35)27-12-16-10-17(14-27)21-3-2-4-24(31)28(21)13-16/h2-4,6,8,11,15-17,19-20H,5,7,9-10,12-14H2,1H3/t15-,16-,17+,19+,20-/m1/s1. The van der Waals surface area contributed by atoms with Crippen molar-refractivity contribution >= 4 is 28.9 Å². The average molecular weight is 477 g/mol. The fourth-order valence-corrected chi connectivity index (χ4v) is 6.80.